The monoisotopic (exact) mass is 314 g/mol. The van der Waals surface area contributed by atoms with Crippen LogP contribution in [0.15, 0.2) is 42.5 Å². The van der Waals surface area contributed by atoms with Gasteiger partial charge < -0.3 is 19.3 Å². The first-order chi connectivity index (χ1) is 11.1. The minimum atomic E-state index is -0.370. The molecular formula is C18H18O5. The minimum Gasteiger partial charge on any atom is -0.504 e. The Morgan fingerprint density at radius 2 is 1.65 bits per heavy atom. The van der Waals surface area contributed by atoms with E-state index in [9.17, 15) is 9.90 Å². The summed E-state index contributed by atoms with van der Waals surface area (Å²) in [6, 6.07) is 10.8. The van der Waals surface area contributed by atoms with Gasteiger partial charge in [-0.05, 0) is 17.7 Å². The predicted octanol–water partition coefficient (Wildman–Crippen LogP) is 3.31. The van der Waals surface area contributed by atoms with Crippen LogP contribution in [0.2, 0.25) is 0 Å². The molecule has 0 fully saturated rings. The number of ketones is 1. The first-order valence-corrected chi connectivity index (χ1v) is 6.91. The fourth-order valence-corrected chi connectivity index (χ4v) is 2.15. The highest BCUT2D eigenvalue weighted by Crippen LogP contribution is 2.46. The highest BCUT2D eigenvalue weighted by atomic mass is 16.5. The summed E-state index contributed by atoms with van der Waals surface area (Å²) in [5.74, 6) is -0.0588. The topological polar surface area (TPSA) is 65.0 Å². The third-order valence-corrected chi connectivity index (χ3v) is 3.30. The molecule has 0 aliphatic rings. The fraction of sp³-hybridized carbons (Fsp3) is 0.167. The third-order valence-electron chi connectivity index (χ3n) is 3.30. The molecule has 5 heteroatoms. The van der Waals surface area contributed by atoms with Crippen molar-refractivity contribution in [2.45, 2.75) is 0 Å². The number of allylic oxidation sites excluding steroid dienone is 1. The summed E-state index contributed by atoms with van der Waals surface area (Å²) in [6.07, 6.45) is 3.06. The average Bonchev–Trinajstić information content (AvgIpc) is 2.59. The molecule has 120 valence electrons. The molecule has 0 heterocycles. The van der Waals surface area contributed by atoms with Crippen LogP contribution in [-0.2, 0) is 0 Å². The molecule has 0 aliphatic heterocycles. The van der Waals surface area contributed by atoms with Gasteiger partial charge >= 0.3 is 0 Å². The lowest BCUT2D eigenvalue weighted by Crippen LogP contribution is -2.01. The van der Waals surface area contributed by atoms with E-state index < -0.39 is 0 Å². The number of carbonyl (C=O) groups excluding carboxylic acids is 1. The Hall–Kier alpha value is -2.95. The summed E-state index contributed by atoms with van der Waals surface area (Å²) in [6.45, 7) is 0. The van der Waals surface area contributed by atoms with Gasteiger partial charge in [-0.25, -0.2) is 0 Å². The predicted molar refractivity (Wildman–Crippen MR) is 87.6 cm³/mol. The molecule has 2 rings (SSSR count). The quantitative estimate of drug-likeness (QED) is 0.654. The summed E-state index contributed by atoms with van der Waals surface area (Å²) in [5.41, 5.74) is 0.958. The van der Waals surface area contributed by atoms with Crippen LogP contribution < -0.4 is 14.2 Å². The van der Waals surface area contributed by atoms with Crippen LogP contribution in [0.4, 0.5) is 0 Å². The van der Waals surface area contributed by atoms with E-state index in [1.807, 2.05) is 30.3 Å². The maximum Gasteiger partial charge on any atom is 0.207 e. The van der Waals surface area contributed by atoms with Crippen LogP contribution in [0.5, 0.6) is 23.0 Å². The Bertz CT molecular complexity index is 720. The van der Waals surface area contributed by atoms with Gasteiger partial charge in [0.1, 0.15) is 0 Å². The standard InChI is InChI=1S/C18H18O5/c1-21-15-11-13(16(20)18(23-3)17(15)22-2)14(19)10-9-12-7-5-4-6-8-12/h4-11,20H,1-3H3. The second kappa shape index (κ2) is 7.35. The number of carbonyl (C=O) groups is 1. The average molecular weight is 314 g/mol. The number of phenols is 1. The first-order valence-electron chi connectivity index (χ1n) is 6.91. The molecule has 0 radical (unpaired) electrons. The molecule has 0 aliphatic carbocycles. The van der Waals surface area contributed by atoms with Gasteiger partial charge in [0.15, 0.2) is 17.3 Å². The molecule has 1 N–H and O–H groups in total. The maximum absolute atomic E-state index is 12.4. The molecule has 23 heavy (non-hydrogen) atoms. The zero-order valence-electron chi connectivity index (χ0n) is 13.2. The summed E-state index contributed by atoms with van der Waals surface area (Å²) in [4.78, 5) is 12.4. The molecular weight excluding hydrogens is 296 g/mol. The van der Waals surface area contributed by atoms with Crippen LogP contribution in [0.1, 0.15) is 15.9 Å². The van der Waals surface area contributed by atoms with Crippen LogP contribution in [0.25, 0.3) is 6.08 Å². The van der Waals surface area contributed by atoms with Gasteiger partial charge in [0.05, 0.1) is 26.9 Å². The van der Waals surface area contributed by atoms with Crippen molar-refractivity contribution < 1.29 is 24.1 Å². The number of rotatable bonds is 6. The number of benzene rings is 2. The van der Waals surface area contributed by atoms with E-state index >= 15 is 0 Å². The molecule has 0 saturated heterocycles. The van der Waals surface area contributed by atoms with Crippen LogP contribution in [0.3, 0.4) is 0 Å². The van der Waals surface area contributed by atoms with E-state index in [-0.39, 0.29) is 28.6 Å². The van der Waals surface area contributed by atoms with Gasteiger partial charge in [-0.3, -0.25) is 4.79 Å². The van der Waals surface area contributed by atoms with Crippen LogP contribution in [-0.4, -0.2) is 32.2 Å². The lowest BCUT2D eigenvalue weighted by atomic mass is 10.1. The number of ether oxygens (including phenoxy) is 3. The Balaban J connectivity index is 2.42. The smallest absolute Gasteiger partial charge is 0.207 e. The largest absolute Gasteiger partial charge is 0.504 e. The molecule has 2 aromatic carbocycles. The fourth-order valence-electron chi connectivity index (χ4n) is 2.15. The van der Waals surface area contributed by atoms with Gasteiger partial charge in [-0.1, -0.05) is 36.4 Å². The highest BCUT2D eigenvalue weighted by Gasteiger charge is 2.22. The summed E-state index contributed by atoms with van der Waals surface area (Å²) in [5, 5.41) is 10.3. The molecule has 0 unspecified atom stereocenters. The maximum atomic E-state index is 12.4. The van der Waals surface area contributed by atoms with Crippen molar-refractivity contribution in [1.29, 1.82) is 0 Å². The van der Waals surface area contributed by atoms with Crippen LogP contribution >= 0.6 is 0 Å². The molecule has 0 amide bonds. The molecule has 2 aromatic rings. The van der Waals surface area contributed by atoms with E-state index in [2.05, 4.69) is 0 Å². The number of hydrogen-bond acceptors (Lipinski definition) is 5. The van der Waals surface area contributed by atoms with Crippen molar-refractivity contribution in [3.05, 3.63) is 53.6 Å². The molecule has 5 nitrogen and oxygen atoms in total. The summed E-state index contributed by atoms with van der Waals surface area (Å²) < 4.78 is 15.5. The summed E-state index contributed by atoms with van der Waals surface area (Å²) in [7, 11) is 4.25. The van der Waals surface area contributed by atoms with E-state index in [1.165, 1.54) is 33.5 Å². The Morgan fingerprint density at radius 1 is 1.00 bits per heavy atom. The Morgan fingerprint density at radius 3 is 2.22 bits per heavy atom. The van der Waals surface area contributed by atoms with Gasteiger partial charge in [0, 0.05) is 0 Å². The van der Waals surface area contributed by atoms with Gasteiger partial charge in [0.25, 0.3) is 0 Å². The normalized spacial score (nSPS) is 10.6. The van der Waals surface area contributed by atoms with Crippen molar-refractivity contribution in [2.24, 2.45) is 0 Å². The molecule has 0 aromatic heterocycles. The lowest BCUT2D eigenvalue weighted by molar-refractivity contribution is 0.104. The van der Waals surface area contributed by atoms with E-state index in [1.54, 1.807) is 6.08 Å². The van der Waals surface area contributed by atoms with E-state index in [4.69, 9.17) is 14.2 Å². The molecule has 0 bridgehead atoms. The van der Waals surface area contributed by atoms with Gasteiger partial charge in [0.2, 0.25) is 11.5 Å². The number of phenolic OH excluding ortho intramolecular Hbond substituents is 1. The zero-order chi connectivity index (χ0) is 16.8. The molecule has 0 saturated carbocycles. The van der Waals surface area contributed by atoms with Crippen molar-refractivity contribution in [3.63, 3.8) is 0 Å². The lowest BCUT2D eigenvalue weighted by Gasteiger charge is -2.15. The first kappa shape index (κ1) is 16.4. The second-order valence-corrected chi connectivity index (χ2v) is 4.65. The third kappa shape index (κ3) is 3.45. The number of aromatic hydroxyl groups is 1. The van der Waals surface area contributed by atoms with Gasteiger partial charge in [-0.2, -0.15) is 0 Å². The van der Waals surface area contributed by atoms with Gasteiger partial charge in [-0.15, -0.1) is 0 Å². The highest BCUT2D eigenvalue weighted by molar-refractivity contribution is 6.09. The van der Waals surface area contributed by atoms with Crippen molar-refractivity contribution in [3.8, 4) is 23.0 Å². The summed E-state index contributed by atoms with van der Waals surface area (Å²) >= 11 is 0. The SMILES string of the molecule is COc1cc(C(=O)C=Cc2ccccc2)c(O)c(OC)c1OC. The van der Waals surface area contributed by atoms with E-state index in [0.717, 1.165) is 5.56 Å². The minimum absolute atomic E-state index is 0.0586. The van der Waals surface area contributed by atoms with Crippen molar-refractivity contribution in [2.75, 3.05) is 21.3 Å². The number of methoxy groups -OCH3 is 3. The number of hydrogen-bond donors (Lipinski definition) is 1. The van der Waals surface area contributed by atoms with Crippen molar-refractivity contribution in [1.82, 2.24) is 0 Å². The Labute approximate surface area is 134 Å². The Kier molecular flexibility index (Phi) is 5.25. The van der Waals surface area contributed by atoms with Crippen molar-refractivity contribution >= 4 is 11.9 Å². The van der Waals surface area contributed by atoms with E-state index in [0.29, 0.717) is 5.75 Å². The van der Waals surface area contributed by atoms with Crippen LogP contribution in [0, 0.1) is 0 Å². The molecule has 0 atom stereocenters. The second-order valence-electron chi connectivity index (χ2n) is 4.65. The zero-order valence-corrected chi connectivity index (χ0v) is 13.2. The molecule has 0 spiro atoms.